The van der Waals surface area contributed by atoms with Crippen LogP contribution in [0, 0.1) is 28.6 Å². The number of hydrogen-bond donors (Lipinski definition) is 0. The SMILES string of the molecule is CN(C)C1CCC2CC3=CCC4(C)C(c5ccc6ccncc6c5)CCC4[C@@]3(C)CCC2C1. The molecule has 7 atom stereocenters. The molecule has 3 saturated carbocycles. The molecule has 2 aromatic rings. The van der Waals surface area contributed by atoms with Gasteiger partial charge in [-0.15, -0.1) is 0 Å². The first-order valence-corrected chi connectivity index (χ1v) is 13.6. The van der Waals surface area contributed by atoms with Crippen molar-refractivity contribution in [2.75, 3.05) is 14.1 Å². The Kier molecular flexibility index (Phi) is 5.25. The molecule has 1 aromatic heterocycles. The minimum atomic E-state index is 0.385. The van der Waals surface area contributed by atoms with E-state index in [9.17, 15) is 0 Å². The van der Waals surface area contributed by atoms with E-state index < -0.39 is 0 Å². The maximum atomic E-state index is 4.39. The van der Waals surface area contributed by atoms with Crippen molar-refractivity contribution in [2.45, 2.75) is 83.6 Å². The second-order valence-electron chi connectivity index (χ2n) is 12.7. The number of pyridine rings is 1. The summed E-state index contributed by atoms with van der Waals surface area (Å²) in [7, 11) is 4.58. The average Bonchev–Trinajstić information content (AvgIpc) is 3.10. The molecule has 2 nitrogen and oxygen atoms in total. The fourth-order valence-electron chi connectivity index (χ4n) is 9.05. The third-order valence-electron chi connectivity index (χ3n) is 11.1. The van der Waals surface area contributed by atoms with Crippen LogP contribution in [0.5, 0.6) is 0 Å². The van der Waals surface area contributed by atoms with Crippen molar-refractivity contribution in [2.24, 2.45) is 28.6 Å². The molecule has 176 valence electrons. The van der Waals surface area contributed by atoms with Crippen LogP contribution in [-0.2, 0) is 0 Å². The lowest BCUT2D eigenvalue weighted by Gasteiger charge is -2.51. The van der Waals surface area contributed by atoms with Crippen molar-refractivity contribution >= 4 is 10.8 Å². The van der Waals surface area contributed by atoms with Gasteiger partial charge in [-0.1, -0.05) is 37.6 Å². The Morgan fingerprint density at radius 3 is 2.67 bits per heavy atom. The molecule has 0 N–H and O–H groups in total. The van der Waals surface area contributed by atoms with E-state index >= 15 is 0 Å². The van der Waals surface area contributed by atoms with Crippen molar-refractivity contribution < 1.29 is 0 Å². The minimum Gasteiger partial charge on any atom is -0.306 e. The Labute approximate surface area is 200 Å². The largest absolute Gasteiger partial charge is 0.306 e. The second kappa shape index (κ2) is 7.94. The summed E-state index contributed by atoms with van der Waals surface area (Å²) >= 11 is 0. The highest BCUT2D eigenvalue weighted by atomic mass is 15.1. The zero-order valence-corrected chi connectivity index (χ0v) is 21.2. The van der Waals surface area contributed by atoms with Gasteiger partial charge in [-0.3, -0.25) is 4.98 Å². The van der Waals surface area contributed by atoms with Gasteiger partial charge in [0.2, 0.25) is 0 Å². The molecule has 0 spiro atoms. The van der Waals surface area contributed by atoms with E-state index in [2.05, 4.69) is 68.2 Å². The van der Waals surface area contributed by atoms with Gasteiger partial charge in [0.15, 0.2) is 0 Å². The summed E-state index contributed by atoms with van der Waals surface area (Å²) in [4.78, 5) is 6.89. The Balaban J connectivity index is 1.30. The number of fused-ring (bicyclic) bond motifs is 5. The van der Waals surface area contributed by atoms with Gasteiger partial charge in [-0.25, -0.2) is 0 Å². The van der Waals surface area contributed by atoms with Gasteiger partial charge in [0.05, 0.1) is 0 Å². The number of rotatable bonds is 2. The van der Waals surface area contributed by atoms with Crippen LogP contribution in [0.1, 0.15) is 83.1 Å². The van der Waals surface area contributed by atoms with Crippen LogP contribution in [0.4, 0.5) is 0 Å². The molecule has 0 aliphatic heterocycles. The normalized spacial score (nSPS) is 40.6. The van der Waals surface area contributed by atoms with Crippen molar-refractivity contribution in [3.8, 4) is 0 Å². The quantitative estimate of drug-likeness (QED) is 0.445. The fourth-order valence-corrected chi connectivity index (χ4v) is 9.05. The van der Waals surface area contributed by atoms with Crippen LogP contribution >= 0.6 is 0 Å². The maximum Gasteiger partial charge on any atom is 0.0346 e. The molecule has 4 aliphatic rings. The van der Waals surface area contributed by atoms with E-state index in [1.54, 1.807) is 5.56 Å². The average molecular weight is 443 g/mol. The number of aromatic nitrogens is 1. The van der Waals surface area contributed by atoms with Crippen molar-refractivity contribution in [1.82, 2.24) is 9.88 Å². The van der Waals surface area contributed by atoms with Crippen LogP contribution in [0.2, 0.25) is 0 Å². The van der Waals surface area contributed by atoms with E-state index in [4.69, 9.17) is 0 Å². The molecule has 1 aromatic carbocycles. The number of nitrogens with zero attached hydrogens (tertiary/aromatic N) is 2. The van der Waals surface area contributed by atoms with Gasteiger partial charge in [0.1, 0.15) is 0 Å². The number of hydrogen-bond acceptors (Lipinski definition) is 2. The van der Waals surface area contributed by atoms with Gasteiger partial charge >= 0.3 is 0 Å². The summed E-state index contributed by atoms with van der Waals surface area (Å²) in [5, 5.41) is 2.61. The van der Waals surface area contributed by atoms with Gasteiger partial charge in [-0.2, -0.15) is 0 Å². The Hall–Kier alpha value is -1.67. The molecule has 0 amide bonds. The monoisotopic (exact) mass is 442 g/mol. The van der Waals surface area contributed by atoms with Crippen LogP contribution in [-0.4, -0.2) is 30.0 Å². The van der Waals surface area contributed by atoms with Crippen LogP contribution < -0.4 is 0 Å². The van der Waals surface area contributed by atoms with Crippen LogP contribution in [0.25, 0.3) is 10.8 Å². The van der Waals surface area contributed by atoms with Crippen molar-refractivity contribution in [1.29, 1.82) is 0 Å². The Bertz CT molecular complexity index is 1070. The lowest BCUT2D eigenvalue weighted by Crippen LogP contribution is -2.42. The summed E-state index contributed by atoms with van der Waals surface area (Å²) in [6.45, 7) is 5.32. The molecular weight excluding hydrogens is 400 g/mol. The molecule has 1 heterocycles. The predicted octanol–water partition coefficient (Wildman–Crippen LogP) is 7.60. The molecule has 33 heavy (non-hydrogen) atoms. The minimum absolute atomic E-state index is 0.385. The second-order valence-corrected chi connectivity index (χ2v) is 12.7. The van der Waals surface area contributed by atoms with Gasteiger partial charge < -0.3 is 4.90 Å². The zero-order valence-electron chi connectivity index (χ0n) is 21.2. The smallest absolute Gasteiger partial charge is 0.0346 e. The molecule has 2 heteroatoms. The third-order valence-corrected chi connectivity index (χ3v) is 11.1. The highest BCUT2D eigenvalue weighted by molar-refractivity contribution is 5.82. The summed E-state index contributed by atoms with van der Waals surface area (Å²) in [6, 6.07) is 10.1. The zero-order chi connectivity index (χ0) is 22.8. The van der Waals surface area contributed by atoms with E-state index in [-0.39, 0.29) is 0 Å². The van der Waals surface area contributed by atoms with Crippen molar-refractivity contribution in [3.05, 3.63) is 53.9 Å². The fraction of sp³-hybridized carbons (Fsp3) is 0.645. The van der Waals surface area contributed by atoms with E-state index in [1.807, 2.05) is 18.0 Å². The first-order valence-electron chi connectivity index (χ1n) is 13.6. The van der Waals surface area contributed by atoms with E-state index in [0.717, 1.165) is 23.8 Å². The van der Waals surface area contributed by atoms with Crippen LogP contribution in [0.15, 0.2) is 48.3 Å². The lowest BCUT2D eigenvalue weighted by atomic mass is 9.53. The van der Waals surface area contributed by atoms with E-state index in [1.165, 1.54) is 68.6 Å². The first-order chi connectivity index (χ1) is 15.9. The van der Waals surface area contributed by atoms with Gasteiger partial charge in [-0.05, 0) is 129 Å². The maximum absolute atomic E-state index is 4.39. The molecule has 0 saturated heterocycles. The molecular formula is C31H42N2. The summed E-state index contributed by atoms with van der Waals surface area (Å²) in [5.41, 5.74) is 4.20. The molecule has 0 radical (unpaired) electrons. The van der Waals surface area contributed by atoms with E-state index in [0.29, 0.717) is 16.7 Å². The Morgan fingerprint density at radius 2 is 1.82 bits per heavy atom. The van der Waals surface area contributed by atoms with Gasteiger partial charge in [0.25, 0.3) is 0 Å². The first kappa shape index (κ1) is 21.8. The molecule has 6 unspecified atom stereocenters. The van der Waals surface area contributed by atoms with Crippen LogP contribution in [0.3, 0.4) is 0 Å². The van der Waals surface area contributed by atoms with Crippen molar-refractivity contribution in [3.63, 3.8) is 0 Å². The standard InChI is InChI=1S/C31H42N2/c1-30-14-11-23-19-27(33(3)4)8-7-22(23)18-26(30)12-15-31(2)28(9-10-29(30)31)24-6-5-21-13-16-32-20-25(21)17-24/h5-6,12-13,16-17,20,22-23,27-29H,7-11,14-15,18-19H2,1-4H3/t22?,23?,27?,28?,29?,30-,31?/m0/s1. The summed E-state index contributed by atoms with van der Waals surface area (Å²) in [5.74, 6) is 3.37. The molecule has 4 aliphatic carbocycles. The van der Waals surface area contributed by atoms with Gasteiger partial charge in [0, 0.05) is 23.8 Å². The summed E-state index contributed by atoms with van der Waals surface area (Å²) in [6.07, 6.45) is 19.2. The highest BCUT2D eigenvalue weighted by Crippen LogP contribution is 2.67. The number of allylic oxidation sites excluding steroid dienone is 2. The summed E-state index contributed by atoms with van der Waals surface area (Å²) < 4.78 is 0. The third kappa shape index (κ3) is 3.42. The Morgan fingerprint density at radius 1 is 0.939 bits per heavy atom. The number of benzene rings is 1. The predicted molar refractivity (Wildman–Crippen MR) is 138 cm³/mol. The topological polar surface area (TPSA) is 16.1 Å². The molecule has 3 fully saturated rings. The molecule has 0 bridgehead atoms. The lowest BCUT2D eigenvalue weighted by molar-refractivity contribution is 0.0669. The highest BCUT2D eigenvalue weighted by Gasteiger charge is 2.57. The molecule has 6 rings (SSSR count).